The van der Waals surface area contributed by atoms with E-state index in [1.54, 1.807) is 36.1 Å². The van der Waals surface area contributed by atoms with Gasteiger partial charge in [0.2, 0.25) is 0 Å². The third kappa shape index (κ3) is 2.89. The van der Waals surface area contributed by atoms with Crippen molar-refractivity contribution >= 4 is 39.4 Å². The molecule has 2 aromatic rings. The molecule has 0 aliphatic heterocycles. The summed E-state index contributed by atoms with van der Waals surface area (Å²) in [6.45, 7) is 0. The number of benzene rings is 1. The van der Waals surface area contributed by atoms with Crippen LogP contribution in [0.25, 0.3) is 6.08 Å². The van der Waals surface area contributed by atoms with Crippen molar-refractivity contribution in [2.45, 2.75) is 0 Å². The molecule has 0 unspecified atom stereocenters. The largest absolute Gasteiger partial charge is 0.289 e. The Morgan fingerprint density at radius 1 is 1.50 bits per heavy atom. The maximum Gasteiger partial charge on any atom is 0.185 e. The maximum absolute atomic E-state index is 11.9. The number of carbonyl (C=O) groups excluding carboxylic acids is 1. The van der Waals surface area contributed by atoms with Crippen LogP contribution in [0.2, 0.25) is 5.02 Å². The monoisotopic (exact) mass is 324 g/mol. The fourth-order valence-electron chi connectivity index (χ4n) is 1.50. The predicted molar refractivity (Wildman–Crippen MR) is 75.7 cm³/mol. The van der Waals surface area contributed by atoms with Crippen molar-refractivity contribution in [2.75, 3.05) is 0 Å². The van der Waals surface area contributed by atoms with Gasteiger partial charge in [0.1, 0.15) is 0 Å². The van der Waals surface area contributed by atoms with Gasteiger partial charge in [0, 0.05) is 17.1 Å². The van der Waals surface area contributed by atoms with Gasteiger partial charge in [-0.1, -0.05) is 39.7 Å². The summed E-state index contributed by atoms with van der Waals surface area (Å²) >= 11 is 9.28. The molecule has 92 valence electrons. The van der Waals surface area contributed by atoms with Gasteiger partial charge in [0.05, 0.1) is 16.9 Å². The Morgan fingerprint density at radius 3 is 2.89 bits per heavy atom. The normalized spacial score (nSPS) is 11.1. The molecule has 0 N–H and O–H groups in total. The van der Waals surface area contributed by atoms with Crippen molar-refractivity contribution in [1.82, 2.24) is 9.78 Å². The van der Waals surface area contributed by atoms with Crippen LogP contribution >= 0.6 is 27.5 Å². The highest BCUT2D eigenvalue weighted by Crippen LogP contribution is 2.17. The zero-order valence-corrected chi connectivity index (χ0v) is 11.9. The lowest BCUT2D eigenvalue weighted by molar-refractivity contribution is 0.104. The second-order valence-corrected chi connectivity index (χ2v) is 5.03. The van der Waals surface area contributed by atoms with Crippen LogP contribution in [0.15, 0.2) is 41.0 Å². The lowest BCUT2D eigenvalue weighted by Crippen LogP contribution is -1.96. The molecule has 0 saturated carbocycles. The second kappa shape index (κ2) is 5.50. The smallest absolute Gasteiger partial charge is 0.185 e. The fourth-order valence-corrected chi connectivity index (χ4v) is 2.13. The topological polar surface area (TPSA) is 34.9 Å². The van der Waals surface area contributed by atoms with Gasteiger partial charge in [-0.25, -0.2) is 0 Å². The Bertz CT molecular complexity index is 600. The van der Waals surface area contributed by atoms with E-state index in [2.05, 4.69) is 21.0 Å². The summed E-state index contributed by atoms with van der Waals surface area (Å²) in [5, 5.41) is 4.52. The minimum absolute atomic E-state index is 0.0754. The first kappa shape index (κ1) is 13.1. The Morgan fingerprint density at radius 2 is 2.28 bits per heavy atom. The Labute approximate surface area is 118 Å². The molecule has 2 rings (SSSR count). The van der Waals surface area contributed by atoms with Crippen LogP contribution in [0, 0.1) is 0 Å². The zero-order chi connectivity index (χ0) is 13.1. The molecule has 0 aliphatic carbocycles. The van der Waals surface area contributed by atoms with Crippen molar-refractivity contribution in [3.63, 3.8) is 0 Å². The van der Waals surface area contributed by atoms with Crippen LogP contribution in [0.1, 0.15) is 16.1 Å². The van der Waals surface area contributed by atoms with Crippen molar-refractivity contribution in [3.05, 3.63) is 57.3 Å². The number of aryl methyl sites for hydroxylation is 1. The molecule has 0 atom stereocenters. The molecular weight excluding hydrogens is 316 g/mol. The number of hydrogen-bond acceptors (Lipinski definition) is 2. The van der Waals surface area contributed by atoms with E-state index in [9.17, 15) is 4.79 Å². The SMILES string of the molecule is Cn1ncc(Cl)c1/C=C/C(=O)c1cccc(Br)c1. The number of rotatable bonds is 3. The summed E-state index contributed by atoms with van der Waals surface area (Å²) in [7, 11) is 1.77. The van der Waals surface area contributed by atoms with Crippen molar-refractivity contribution in [3.8, 4) is 0 Å². The van der Waals surface area contributed by atoms with E-state index in [-0.39, 0.29) is 5.78 Å². The quantitative estimate of drug-likeness (QED) is 0.636. The van der Waals surface area contributed by atoms with Gasteiger partial charge in [0.25, 0.3) is 0 Å². The molecule has 0 aliphatic rings. The van der Waals surface area contributed by atoms with E-state index in [1.807, 2.05) is 12.1 Å². The summed E-state index contributed by atoms with van der Waals surface area (Å²) < 4.78 is 2.49. The van der Waals surface area contributed by atoms with Crippen LogP contribution in [-0.4, -0.2) is 15.6 Å². The van der Waals surface area contributed by atoms with Crippen LogP contribution in [0.5, 0.6) is 0 Å². The zero-order valence-electron chi connectivity index (χ0n) is 9.60. The second-order valence-electron chi connectivity index (χ2n) is 3.71. The van der Waals surface area contributed by atoms with Gasteiger partial charge >= 0.3 is 0 Å². The fraction of sp³-hybridized carbons (Fsp3) is 0.0769. The van der Waals surface area contributed by atoms with Gasteiger partial charge < -0.3 is 0 Å². The summed E-state index contributed by atoms with van der Waals surface area (Å²) in [4.78, 5) is 11.9. The molecule has 0 fully saturated rings. The lowest BCUT2D eigenvalue weighted by atomic mass is 10.1. The minimum Gasteiger partial charge on any atom is -0.289 e. The molecule has 0 bridgehead atoms. The molecule has 1 aromatic heterocycles. The van der Waals surface area contributed by atoms with E-state index < -0.39 is 0 Å². The molecular formula is C13H10BrClN2O. The number of carbonyl (C=O) groups is 1. The van der Waals surface area contributed by atoms with Gasteiger partial charge in [-0.3, -0.25) is 9.48 Å². The molecule has 0 saturated heterocycles. The van der Waals surface area contributed by atoms with Gasteiger partial charge in [-0.2, -0.15) is 5.10 Å². The number of nitrogens with zero attached hydrogens (tertiary/aromatic N) is 2. The summed E-state index contributed by atoms with van der Waals surface area (Å²) in [5.74, 6) is -0.0754. The first-order chi connectivity index (χ1) is 8.58. The summed E-state index contributed by atoms with van der Waals surface area (Å²) in [5.41, 5.74) is 1.33. The molecule has 18 heavy (non-hydrogen) atoms. The Kier molecular flexibility index (Phi) is 3.99. The predicted octanol–water partition coefficient (Wildman–Crippen LogP) is 3.73. The van der Waals surface area contributed by atoms with Crippen molar-refractivity contribution in [1.29, 1.82) is 0 Å². The molecule has 1 heterocycles. The molecule has 0 radical (unpaired) electrons. The lowest BCUT2D eigenvalue weighted by Gasteiger charge is -1.97. The standard InChI is InChI=1S/C13H10BrClN2O/c1-17-12(11(15)8-16-17)5-6-13(18)9-3-2-4-10(14)7-9/h2-8H,1H3/b6-5+. The summed E-state index contributed by atoms with van der Waals surface area (Å²) in [6, 6.07) is 7.24. The van der Waals surface area contributed by atoms with Crippen LogP contribution in [-0.2, 0) is 7.05 Å². The van der Waals surface area contributed by atoms with E-state index in [0.717, 1.165) is 4.47 Å². The number of halogens is 2. The first-order valence-electron chi connectivity index (χ1n) is 5.23. The minimum atomic E-state index is -0.0754. The van der Waals surface area contributed by atoms with Crippen LogP contribution in [0.3, 0.4) is 0 Å². The van der Waals surface area contributed by atoms with Gasteiger partial charge in [0.15, 0.2) is 5.78 Å². The van der Waals surface area contributed by atoms with Crippen LogP contribution in [0.4, 0.5) is 0 Å². The average Bonchev–Trinajstić information content (AvgIpc) is 2.66. The molecule has 0 spiro atoms. The third-order valence-electron chi connectivity index (χ3n) is 2.44. The number of hydrogen-bond donors (Lipinski definition) is 0. The third-order valence-corrected chi connectivity index (χ3v) is 3.22. The highest BCUT2D eigenvalue weighted by Gasteiger charge is 2.05. The number of aromatic nitrogens is 2. The number of ketones is 1. The average molecular weight is 326 g/mol. The number of allylic oxidation sites excluding steroid dienone is 1. The van der Waals surface area contributed by atoms with Gasteiger partial charge in [-0.15, -0.1) is 0 Å². The van der Waals surface area contributed by atoms with Gasteiger partial charge in [-0.05, 0) is 24.3 Å². The van der Waals surface area contributed by atoms with Crippen molar-refractivity contribution < 1.29 is 4.79 Å². The Hall–Kier alpha value is -1.39. The van der Waals surface area contributed by atoms with Crippen LogP contribution < -0.4 is 0 Å². The Balaban J connectivity index is 2.22. The molecule has 1 aromatic carbocycles. The molecule has 3 nitrogen and oxygen atoms in total. The van der Waals surface area contributed by atoms with Crippen molar-refractivity contribution in [2.24, 2.45) is 7.05 Å². The van der Waals surface area contributed by atoms with E-state index in [4.69, 9.17) is 11.6 Å². The van der Waals surface area contributed by atoms with E-state index in [0.29, 0.717) is 16.3 Å². The molecule has 5 heteroatoms. The highest BCUT2D eigenvalue weighted by molar-refractivity contribution is 9.10. The summed E-state index contributed by atoms with van der Waals surface area (Å²) in [6.07, 6.45) is 4.70. The molecule has 0 amide bonds. The highest BCUT2D eigenvalue weighted by atomic mass is 79.9. The first-order valence-corrected chi connectivity index (χ1v) is 6.40. The maximum atomic E-state index is 11.9. The van der Waals surface area contributed by atoms with E-state index in [1.165, 1.54) is 6.08 Å². The van der Waals surface area contributed by atoms with E-state index >= 15 is 0 Å².